The van der Waals surface area contributed by atoms with Crippen molar-refractivity contribution in [1.82, 2.24) is 9.55 Å². The number of nitrogens with one attached hydrogen (secondary N) is 1. The minimum absolute atomic E-state index is 0.0336. The van der Waals surface area contributed by atoms with E-state index in [1.807, 2.05) is 6.07 Å². The summed E-state index contributed by atoms with van der Waals surface area (Å²) >= 11 is 2.07. The molecule has 1 amide bonds. The summed E-state index contributed by atoms with van der Waals surface area (Å²) in [5, 5.41) is 2.77. The van der Waals surface area contributed by atoms with E-state index in [9.17, 15) is 9.59 Å². The van der Waals surface area contributed by atoms with Gasteiger partial charge in [0.2, 0.25) is 0 Å². The Labute approximate surface area is 214 Å². The van der Waals surface area contributed by atoms with Crippen molar-refractivity contribution < 1.29 is 18.7 Å². The van der Waals surface area contributed by atoms with Crippen LogP contribution in [0.5, 0.6) is 0 Å². The second kappa shape index (κ2) is 9.12. The Balaban J connectivity index is 1.61. The van der Waals surface area contributed by atoms with Crippen LogP contribution in [0.15, 0.2) is 41.3 Å². The number of benzene rings is 1. The average molecular weight is 598 g/mol. The zero-order valence-electron chi connectivity index (χ0n) is 20.4. The van der Waals surface area contributed by atoms with Gasteiger partial charge in [-0.3, -0.25) is 9.36 Å². The molecule has 10 heteroatoms. The number of ether oxygens (including phenoxy) is 2. The minimum atomic E-state index is -2.10. The van der Waals surface area contributed by atoms with Gasteiger partial charge in [-0.25, -0.2) is 4.79 Å². The maximum Gasteiger partial charge on any atom is 0.351 e. The Bertz CT molecular complexity index is 1130. The van der Waals surface area contributed by atoms with Gasteiger partial charge in [0.1, 0.15) is 17.8 Å². The molecule has 4 rings (SSSR count). The lowest BCUT2D eigenvalue weighted by Crippen LogP contribution is -2.51. The smallest absolute Gasteiger partial charge is 0.351 e. The molecule has 0 saturated carbocycles. The van der Waals surface area contributed by atoms with Gasteiger partial charge >= 0.3 is 5.69 Å². The van der Waals surface area contributed by atoms with Gasteiger partial charge in [-0.05, 0) is 59.3 Å². The standard InChI is InChI=1S/C24H32IN3O5Si/c1-7-24-14-31-17(18(24)33-34(5,6)23(2,3)4)21(32-24)28-13-16(25)19(27-22(28)30)26-20(29)15-11-9-8-10-12-15/h8-13,17-18,21H,7,14H2,1-6H3,(H,26,27,29,30)/t17?,18-,21-,24+/m1/s1. The highest BCUT2D eigenvalue weighted by atomic mass is 127. The minimum Gasteiger partial charge on any atom is -0.408 e. The van der Waals surface area contributed by atoms with Gasteiger partial charge in [-0.2, -0.15) is 4.98 Å². The highest BCUT2D eigenvalue weighted by Gasteiger charge is 2.63. The van der Waals surface area contributed by atoms with E-state index in [1.165, 1.54) is 4.57 Å². The molecule has 1 aromatic heterocycles. The van der Waals surface area contributed by atoms with Gasteiger partial charge in [-0.15, -0.1) is 0 Å². The number of hydrogen-bond acceptors (Lipinski definition) is 6. The van der Waals surface area contributed by atoms with Crippen molar-refractivity contribution in [2.24, 2.45) is 0 Å². The van der Waals surface area contributed by atoms with Crippen molar-refractivity contribution in [2.45, 2.75) is 76.3 Å². The largest absolute Gasteiger partial charge is 0.408 e. The van der Waals surface area contributed by atoms with Crippen LogP contribution in [0.3, 0.4) is 0 Å². The van der Waals surface area contributed by atoms with E-state index in [4.69, 9.17) is 13.9 Å². The zero-order chi connectivity index (χ0) is 24.9. The first-order valence-electron chi connectivity index (χ1n) is 11.5. The first kappa shape index (κ1) is 25.5. The van der Waals surface area contributed by atoms with Crippen molar-refractivity contribution in [3.8, 4) is 0 Å². The molecule has 184 valence electrons. The van der Waals surface area contributed by atoms with E-state index in [1.54, 1.807) is 30.5 Å². The predicted octanol–water partition coefficient (Wildman–Crippen LogP) is 4.57. The van der Waals surface area contributed by atoms with Crippen molar-refractivity contribution in [3.05, 3.63) is 56.1 Å². The second-order valence-corrected chi connectivity index (χ2v) is 16.4. The van der Waals surface area contributed by atoms with Gasteiger partial charge in [0.15, 0.2) is 20.4 Å². The van der Waals surface area contributed by atoms with E-state index >= 15 is 0 Å². The number of carbonyl (C=O) groups excluding carboxylic acids is 1. The molecule has 1 unspecified atom stereocenters. The van der Waals surface area contributed by atoms with Crippen LogP contribution < -0.4 is 11.0 Å². The molecular formula is C24H32IN3O5Si. The number of hydrogen-bond donors (Lipinski definition) is 1. The number of anilines is 1. The predicted molar refractivity (Wildman–Crippen MR) is 141 cm³/mol. The molecule has 0 spiro atoms. The Hall–Kier alpha value is -1.60. The third-order valence-electron chi connectivity index (χ3n) is 7.25. The van der Waals surface area contributed by atoms with Crippen LogP contribution in [0.4, 0.5) is 5.82 Å². The molecule has 8 nitrogen and oxygen atoms in total. The Morgan fingerprint density at radius 2 is 2.00 bits per heavy atom. The molecule has 2 aromatic rings. The number of rotatable bonds is 6. The van der Waals surface area contributed by atoms with Gasteiger partial charge in [0.05, 0.1) is 10.2 Å². The summed E-state index contributed by atoms with van der Waals surface area (Å²) in [6.45, 7) is 13.5. The van der Waals surface area contributed by atoms with E-state index in [0.717, 1.165) is 0 Å². The number of carbonyl (C=O) groups is 1. The molecule has 2 fully saturated rings. The van der Waals surface area contributed by atoms with Gasteiger partial charge in [0, 0.05) is 11.8 Å². The maximum absolute atomic E-state index is 13.0. The monoisotopic (exact) mass is 597 g/mol. The molecule has 2 aliphatic heterocycles. The molecule has 3 heterocycles. The van der Waals surface area contributed by atoms with Crippen LogP contribution in [0.2, 0.25) is 18.1 Å². The number of aromatic nitrogens is 2. The maximum atomic E-state index is 13.0. The van der Waals surface area contributed by atoms with E-state index in [2.05, 4.69) is 73.7 Å². The quantitative estimate of drug-likeness (QED) is 0.388. The first-order valence-corrected chi connectivity index (χ1v) is 15.5. The van der Waals surface area contributed by atoms with E-state index < -0.39 is 31.9 Å². The summed E-state index contributed by atoms with van der Waals surface area (Å²) in [5.74, 6) is -0.102. The molecule has 2 aliphatic rings. The van der Waals surface area contributed by atoms with Crippen LogP contribution in [0.25, 0.3) is 0 Å². The summed E-state index contributed by atoms with van der Waals surface area (Å²) in [4.78, 5) is 29.7. The third-order valence-corrected chi connectivity index (χ3v) is 12.5. The molecule has 1 N–H and O–H groups in total. The van der Waals surface area contributed by atoms with Crippen LogP contribution >= 0.6 is 22.6 Å². The molecule has 0 aliphatic carbocycles. The van der Waals surface area contributed by atoms with Crippen LogP contribution in [0, 0.1) is 3.57 Å². The fraction of sp³-hybridized carbons (Fsp3) is 0.542. The van der Waals surface area contributed by atoms with E-state index in [0.29, 0.717) is 22.2 Å². The zero-order valence-corrected chi connectivity index (χ0v) is 23.6. The number of amides is 1. The third kappa shape index (κ3) is 4.50. The molecule has 34 heavy (non-hydrogen) atoms. The number of nitrogens with zero attached hydrogens (tertiary/aromatic N) is 2. The summed E-state index contributed by atoms with van der Waals surface area (Å²) < 4.78 is 21.5. The molecule has 4 atom stereocenters. The van der Waals surface area contributed by atoms with Crippen molar-refractivity contribution in [1.29, 1.82) is 0 Å². The highest BCUT2D eigenvalue weighted by molar-refractivity contribution is 14.1. The summed E-state index contributed by atoms with van der Waals surface area (Å²) in [5.41, 5.74) is -0.623. The normalized spacial score (nSPS) is 26.6. The van der Waals surface area contributed by atoms with E-state index in [-0.39, 0.29) is 22.9 Å². The second-order valence-electron chi connectivity index (χ2n) is 10.4. The Morgan fingerprint density at radius 3 is 2.62 bits per heavy atom. The lowest BCUT2D eigenvalue weighted by Gasteiger charge is -2.40. The summed E-state index contributed by atoms with van der Waals surface area (Å²) in [6.07, 6.45) is 1.07. The molecule has 1 aromatic carbocycles. The molecular weight excluding hydrogens is 565 g/mol. The lowest BCUT2D eigenvalue weighted by molar-refractivity contribution is -0.175. The van der Waals surface area contributed by atoms with Crippen LogP contribution in [-0.2, 0) is 13.9 Å². The Morgan fingerprint density at radius 1 is 1.32 bits per heavy atom. The molecule has 2 bridgehead atoms. The van der Waals surface area contributed by atoms with Crippen molar-refractivity contribution in [2.75, 3.05) is 11.9 Å². The SMILES string of the molecule is CC[C@@]12COC([C@H](n3cc(I)c(NC(=O)c4ccccc4)nc3=O)O1)[C@H]2O[Si](C)(C)C(C)(C)C. The van der Waals surface area contributed by atoms with Crippen molar-refractivity contribution in [3.63, 3.8) is 0 Å². The fourth-order valence-corrected chi connectivity index (χ4v) is 5.99. The van der Waals surface area contributed by atoms with Crippen LogP contribution in [-0.4, -0.2) is 48.2 Å². The van der Waals surface area contributed by atoms with Gasteiger partial charge < -0.3 is 19.2 Å². The first-order chi connectivity index (χ1) is 15.9. The summed E-state index contributed by atoms with van der Waals surface area (Å²) in [6, 6.07) is 8.81. The number of fused-ring (bicyclic) bond motifs is 2. The van der Waals surface area contributed by atoms with Crippen molar-refractivity contribution >= 4 is 42.6 Å². The topological polar surface area (TPSA) is 91.7 Å². The van der Waals surface area contributed by atoms with Gasteiger partial charge in [-0.1, -0.05) is 45.9 Å². The fourth-order valence-electron chi connectivity index (χ4n) is 4.10. The molecule has 0 radical (unpaired) electrons. The molecule has 2 saturated heterocycles. The average Bonchev–Trinajstić information content (AvgIpc) is 3.27. The number of halogens is 1. The Kier molecular flexibility index (Phi) is 6.84. The highest BCUT2D eigenvalue weighted by Crippen LogP contribution is 2.50. The van der Waals surface area contributed by atoms with Gasteiger partial charge in [0.25, 0.3) is 5.91 Å². The lowest BCUT2D eigenvalue weighted by atomic mass is 9.96. The van der Waals surface area contributed by atoms with Crippen LogP contribution in [0.1, 0.15) is 50.7 Å². The summed E-state index contributed by atoms with van der Waals surface area (Å²) in [7, 11) is -2.10.